The zero-order chi connectivity index (χ0) is 43.5. The van der Waals surface area contributed by atoms with Crippen molar-refractivity contribution in [2.75, 3.05) is 33.5 Å². The summed E-state index contributed by atoms with van der Waals surface area (Å²) in [5, 5.41) is 26.7. The molecule has 6 unspecified atom stereocenters. The van der Waals surface area contributed by atoms with Gasteiger partial charge in [-0.3, -0.25) is 9.88 Å². The second kappa shape index (κ2) is 21.1. The summed E-state index contributed by atoms with van der Waals surface area (Å²) < 4.78 is 27.1. The maximum Gasteiger partial charge on any atom is 0.410 e. The Morgan fingerprint density at radius 2 is 1.77 bits per heavy atom. The van der Waals surface area contributed by atoms with Crippen molar-refractivity contribution in [2.45, 2.75) is 89.2 Å². The number of aromatic nitrogens is 1. The summed E-state index contributed by atoms with van der Waals surface area (Å²) in [4.78, 5) is 26.8. The highest BCUT2D eigenvalue weighted by molar-refractivity contribution is 6.03. The fourth-order valence-electron chi connectivity index (χ4n) is 9.91. The molecule has 6 atom stereocenters. The van der Waals surface area contributed by atoms with Crippen molar-refractivity contribution in [2.24, 2.45) is 22.9 Å². The van der Waals surface area contributed by atoms with Crippen LogP contribution in [-0.4, -0.2) is 77.3 Å². The van der Waals surface area contributed by atoms with Gasteiger partial charge in [0.1, 0.15) is 31.3 Å². The van der Waals surface area contributed by atoms with Gasteiger partial charge in [-0.2, -0.15) is 0 Å². The van der Waals surface area contributed by atoms with E-state index in [1.54, 1.807) is 24.2 Å². The number of aliphatic hydroxyl groups excluding tert-OH is 2. The van der Waals surface area contributed by atoms with Crippen LogP contribution < -0.4 is 9.47 Å². The smallest absolute Gasteiger partial charge is 0.410 e. The highest BCUT2D eigenvalue weighted by Crippen LogP contribution is 2.62. The van der Waals surface area contributed by atoms with Gasteiger partial charge < -0.3 is 34.0 Å². The van der Waals surface area contributed by atoms with E-state index in [1.807, 2.05) is 61.5 Å². The lowest BCUT2D eigenvalue weighted by atomic mass is 9.55. The monoisotopic (exact) mass is 843 g/mol. The molecule has 2 N–H and O–H groups in total. The van der Waals surface area contributed by atoms with Crippen LogP contribution in [0.2, 0.25) is 0 Å². The standard InChI is InChI=1S/C51H61N3O8/c1-5-7-29-59-50(57)54(33-38-20-15-19-36-17-8-9-22-41(36)38)47-32-45(53-58-4)43-30-37(18-10-12-26-55)42(23-11-13-27-56)48-44-31-40(60-34-39-21-14-16-35(3)52-39)24-25-46(44)62-51(47,49(43)48)61-28-6-2/h5-6,8-9,14-17,19-22,24-25,30-31,37,42,47-49,55-56H,1-2,7,10-13,18,23,26-29,32-34H2,3-4H3. The van der Waals surface area contributed by atoms with E-state index in [9.17, 15) is 15.0 Å². The number of allylic oxidation sites excluding steroid dienone is 1. The summed E-state index contributed by atoms with van der Waals surface area (Å²) in [7, 11) is 1.55. The van der Waals surface area contributed by atoms with Crippen LogP contribution in [0.25, 0.3) is 10.8 Å². The zero-order valence-corrected chi connectivity index (χ0v) is 36.1. The summed E-state index contributed by atoms with van der Waals surface area (Å²) in [6.07, 6.45) is 10.7. The van der Waals surface area contributed by atoms with Crippen LogP contribution in [0.4, 0.5) is 4.79 Å². The molecule has 1 saturated carbocycles. The molecule has 11 heteroatoms. The highest BCUT2D eigenvalue weighted by atomic mass is 16.7. The van der Waals surface area contributed by atoms with Gasteiger partial charge in [-0.25, -0.2) is 4.79 Å². The van der Waals surface area contributed by atoms with E-state index in [1.165, 1.54) is 0 Å². The van der Waals surface area contributed by atoms with Gasteiger partial charge in [-0.1, -0.05) is 84.8 Å². The predicted molar refractivity (Wildman–Crippen MR) is 241 cm³/mol. The van der Waals surface area contributed by atoms with E-state index in [0.717, 1.165) is 64.5 Å². The molecule has 0 spiro atoms. The summed E-state index contributed by atoms with van der Waals surface area (Å²) in [5.74, 6) is -0.644. The molecular weight excluding hydrogens is 783 g/mol. The number of carbonyl (C=O) groups excluding carboxylic acids is 1. The molecule has 1 aliphatic heterocycles. The number of rotatable bonds is 21. The van der Waals surface area contributed by atoms with Gasteiger partial charge in [-0.05, 0) is 103 Å². The lowest BCUT2D eigenvalue weighted by Gasteiger charge is -2.59. The molecule has 3 aromatic carbocycles. The average molecular weight is 844 g/mol. The minimum atomic E-state index is -1.44. The topological polar surface area (TPSA) is 132 Å². The molecule has 1 fully saturated rings. The molecule has 0 bridgehead atoms. The lowest BCUT2D eigenvalue weighted by molar-refractivity contribution is -0.256. The van der Waals surface area contributed by atoms with Crippen molar-refractivity contribution in [3.63, 3.8) is 0 Å². The van der Waals surface area contributed by atoms with Crippen molar-refractivity contribution in [3.8, 4) is 11.5 Å². The second-order valence-corrected chi connectivity index (χ2v) is 16.5. The maximum absolute atomic E-state index is 14.8. The minimum Gasteiger partial charge on any atom is -0.487 e. The Labute approximate surface area is 365 Å². The van der Waals surface area contributed by atoms with Crippen molar-refractivity contribution >= 4 is 22.6 Å². The van der Waals surface area contributed by atoms with Crippen LogP contribution in [0.5, 0.6) is 11.5 Å². The fraction of sp³-hybridized carbons (Fsp3) is 0.431. The number of hydrogen-bond donors (Lipinski definition) is 2. The quantitative estimate of drug-likeness (QED) is 0.0478. The van der Waals surface area contributed by atoms with Crippen molar-refractivity contribution in [1.82, 2.24) is 9.88 Å². The number of fused-ring (bicyclic) bond motifs is 3. The summed E-state index contributed by atoms with van der Waals surface area (Å²) in [5.41, 5.74) is 5.32. The first-order chi connectivity index (χ1) is 30.3. The Hall–Kier alpha value is -5.49. The van der Waals surface area contributed by atoms with Gasteiger partial charge in [0.25, 0.3) is 0 Å². The van der Waals surface area contributed by atoms with Crippen molar-refractivity contribution in [1.29, 1.82) is 0 Å². The van der Waals surface area contributed by atoms with E-state index in [0.29, 0.717) is 43.1 Å². The van der Waals surface area contributed by atoms with E-state index in [-0.39, 0.29) is 57.1 Å². The van der Waals surface area contributed by atoms with Crippen LogP contribution >= 0.6 is 0 Å². The average Bonchev–Trinajstić information content (AvgIpc) is 3.28. The third-order valence-corrected chi connectivity index (χ3v) is 12.6. The molecule has 2 heterocycles. The Morgan fingerprint density at radius 3 is 2.55 bits per heavy atom. The van der Waals surface area contributed by atoms with Crippen LogP contribution in [0.1, 0.15) is 79.8 Å². The van der Waals surface area contributed by atoms with E-state index >= 15 is 0 Å². The Kier molecular flexibility index (Phi) is 15.1. The molecule has 0 saturated heterocycles. The number of hydrogen-bond acceptors (Lipinski definition) is 10. The number of aliphatic hydroxyl groups is 2. The highest BCUT2D eigenvalue weighted by Gasteiger charge is 2.65. The van der Waals surface area contributed by atoms with Crippen LogP contribution in [0, 0.1) is 24.7 Å². The lowest BCUT2D eigenvalue weighted by Crippen LogP contribution is -2.70. The fourth-order valence-corrected chi connectivity index (χ4v) is 9.91. The van der Waals surface area contributed by atoms with E-state index in [4.69, 9.17) is 28.9 Å². The summed E-state index contributed by atoms with van der Waals surface area (Å²) in [6.45, 7) is 10.9. The Bertz CT molecular complexity index is 2230. The first kappa shape index (κ1) is 44.6. The molecule has 0 radical (unpaired) electrons. The predicted octanol–water partition coefficient (Wildman–Crippen LogP) is 9.60. The van der Waals surface area contributed by atoms with Crippen LogP contribution in [0.15, 0.2) is 121 Å². The third-order valence-electron chi connectivity index (χ3n) is 12.6. The van der Waals surface area contributed by atoms with Gasteiger partial charge in [-0.15, -0.1) is 13.2 Å². The first-order valence-electron chi connectivity index (χ1n) is 22.0. The molecule has 4 aromatic rings. The number of benzene rings is 3. The SMILES string of the molecule is C=CCCOC(=O)N(Cc1cccc2ccccc12)C1CC(=NOC)C2=CC(CCCCO)C(CCCCO)C3c4cc(OCc5cccc(C)n5)ccc4OC1(OCC=C)C23. The number of pyridine rings is 1. The minimum absolute atomic E-state index is 0.0608. The molecule has 2 aliphatic carbocycles. The number of ether oxygens (including phenoxy) is 4. The summed E-state index contributed by atoms with van der Waals surface area (Å²) in [6, 6.07) is 25.4. The molecule has 7 rings (SSSR count). The molecular formula is C51H61N3O8. The Balaban J connectivity index is 1.43. The van der Waals surface area contributed by atoms with Gasteiger partial charge in [0.2, 0.25) is 5.79 Å². The molecule has 328 valence electrons. The number of oxime groups is 1. The van der Waals surface area contributed by atoms with E-state index < -0.39 is 23.8 Å². The second-order valence-electron chi connectivity index (χ2n) is 16.5. The maximum atomic E-state index is 14.8. The first-order valence-corrected chi connectivity index (χ1v) is 22.0. The number of unbranched alkanes of at least 4 members (excludes halogenated alkanes) is 2. The van der Waals surface area contributed by atoms with Crippen LogP contribution in [0.3, 0.4) is 0 Å². The van der Waals surface area contributed by atoms with Crippen molar-refractivity contribution < 1.29 is 38.8 Å². The molecule has 1 aromatic heterocycles. The number of carbonyl (C=O) groups is 1. The van der Waals surface area contributed by atoms with Crippen molar-refractivity contribution in [3.05, 3.63) is 138 Å². The zero-order valence-electron chi connectivity index (χ0n) is 36.1. The van der Waals surface area contributed by atoms with E-state index in [2.05, 4.69) is 48.5 Å². The van der Waals surface area contributed by atoms with Crippen LogP contribution in [-0.2, 0) is 27.5 Å². The number of nitrogens with zero attached hydrogens (tertiary/aromatic N) is 3. The molecule has 62 heavy (non-hydrogen) atoms. The molecule has 3 aliphatic rings. The third kappa shape index (κ3) is 9.60. The normalized spacial score (nSPS) is 23.1. The Morgan fingerprint density at radius 1 is 0.984 bits per heavy atom. The van der Waals surface area contributed by atoms with Gasteiger partial charge in [0.15, 0.2) is 0 Å². The molecule has 1 amide bonds. The largest absolute Gasteiger partial charge is 0.487 e. The van der Waals surface area contributed by atoms with Gasteiger partial charge in [0, 0.05) is 36.8 Å². The van der Waals surface area contributed by atoms with Gasteiger partial charge in [0.05, 0.1) is 37.1 Å². The molecule has 11 nitrogen and oxygen atoms in total. The van der Waals surface area contributed by atoms with Gasteiger partial charge >= 0.3 is 6.09 Å². The summed E-state index contributed by atoms with van der Waals surface area (Å²) >= 11 is 0. The number of aryl methyl sites for hydroxylation is 1. The number of amides is 1.